The molecule has 2 amide bonds. The van der Waals surface area contributed by atoms with Gasteiger partial charge in [-0.1, -0.05) is 65.8 Å². The van der Waals surface area contributed by atoms with E-state index in [1.165, 1.54) is 12.5 Å². The van der Waals surface area contributed by atoms with E-state index >= 15 is 4.11 Å². The molecule has 0 saturated carbocycles. The zero-order valence-corrected chi connectivity index (χ0v) is 31.8. The van der Waals surface area contributed by atoms with Crippen LogP contribution in [0.3, 0.4) is 0 Å². The molecule has 6 atom stereocenters. The first-order valence-corrected chi connectivity index (χ1v) is 20.8. The van der Waals surface area contributed by atoms with Gasteiger partial charge in [0.1, 0.15) is 6.10 Å². The van der Waals surface area contributed by atoms with Crippen LogP contribution < -0.4 is 10.2 Å². The number of aryl methyl sites for hydroxylation is 1. The monoisotopic (exact) mass is 717 g/mol. The molecule has 3 heterocycles. The first-order valence-electron chi connectivity index (χ1n) is 17.8. The molecule has 0 aliphatic carbocycles. The van der Waals surface area contributed by atoms with Gasteiger partial charge in [-0.25, -0.2) is 0 Å². The van der Waals surface area contributed by atoms with Crippen LogP contribution in [0.15, 0.2) is 78.0 Å². The first kappa shape index (κ1) is 38.3. The fourth-order valence-corrected chi connectivity index (χ4v) is 10.2. The van der Waals surface area contributed by atoms with Crippen LogP contribution in [0.1, 0.15) is 76.6 Å². The Balaban J connectivity index is 1.47. The Kier molecular flexibility index (Phi) is 11.8. The zero-order chi connectivity index (χ0) is 37.1. The summed E-state index contributed by atoms with van der Waals surface area (Å²) < 4.78 is 25.0. The molecule has 1 saturated heterocycles. The van der Waals surface area contributed by atoms with Crippen molar-refractivity contribution < 1.29 is 28.6 Å². The lowest BCUT2D eigenvalue weighted by molar-refractivity contribution is -0.145. The average Bonchev–Trinajstić information content (AvgIpc) is 3.73. The number of carbonyl (C=O) groups is 2. The van der Waals surface area contributed by atoms with Crippen LogP contribution in [0.4, 0.5) is 15.5 Å². The Morgan fingerprint density at radius 2 is 1.88 bits per heavy atom. The third-order valence-electron chi connectivity index (χ3n) is 10.3. The number of halogens is 1. The smallest absolute Gasteiger partial charge is 0.264 e. The Morgan fingerprint density at radius 1 is 1.16 bits per heavy atom. The summed E-state index contributed by atoms with van der Waals surface area (Å²) in [6.45, 7) is 13.4. The molecule has 3 N–H and O–H groups in total. The summed E-state index contributed by atoms with van der Waals surface area (Å²) in [7, 11) is -3.43. The number of anilines is 2. The fourth-order valence-electron chi connectivity index (χ4n) is 7.66. The molecule has 0 radical (unpaired) electrons. The number of nitrogens with zero attached hydrogens (tertiary/aromatic N) is 4. The van der Waals surface area contributed by atoms with Crippen molar-refractivity contribution in [2.24, 2.45) is 5.92 Å². The normalized spacial score (nSPS) is 23.0. The van der Waals surface area contributed by atoms with Crippen LogP contribution in [0.25, 0.3) is 0 Å². The highest BCUT2D eigenvalue weighted by Gasteiger charge is 2.66. The van der Waals surface area contributed by atoms with Crippen molar-refractivity contribution in [2.45, 2.75) is 103 Å². The van der Waals surface area contributed by atoms with Crippen LogP contribution in [-0.4, -0.2) is 70.8 Å². The topological polar surface area (TPSA) is 130 Å². The maximum absolute atomic E-state index is 16.4. The van der Waals surface area contributed by atoms with E-state index in [0.29, 0.717) is 42.1 Å². The predicted molar refractivity (Wildman–Crippen MR) is 200 cm³/mol. The number of aliphatic hydroxyl groups is 2. The average molecular weight is 718 g/mol. The second-order valence-electron chi connectivity index (χ2n) is 14.8. The summed E-state index contributed by atoms with van der Waals surface area (Å²) in [4.78, 5) is 29.0. The van der Waals surface area contributed by atoms with Gasteiger partial charge in [0.25, 0.3) is 11.8 Å². The van der Waals surface area contributed by atoms with Gasteiger partial charge in [0.05, 0.1) is 30.0 Å². The van der Waals surface area contributed by atoms with Crippen molar-refractivity contribution in [1.82, 2.24) is 15.0 Å². The van der Waals surface area contributed by atoms with Gasteiger partial charge < -0.3 is 29.3 Å². The number of benzene rings is 2. The minimum Gasteiger partial charge on any atom is -0.395 e. The molecule has 12 heteroatoms. The molecule has 2 aliphatic heterocycles. The number of nitrogens with one attached hydrogen (secondary N) is 1. The van der Waals surface area contributed by atoms with Crippen LogP contribution in [-0.2, 0) is 26.5 Å². The maximum atomic E-state index is 16.4. The number of rotatable bonds is 14. The lowest BCUT2D eigenvalue weighted by Gasteiger charge is -2.31. The Hall–Kier alpha value is -3.97. The molecule has 274 valence electrons. The van der Waals surface area contributed by atoms with Crippen LogP contribution in [0.2, 0.25) is 18.6 Å². The molecule has 5 rings (SSSR count). The molecule has 51 heavy (non-hydrogen) atoms. The number of carbonyl (C=O) groups excluding carboxylic acids is 2. The van der Waals surface area contributed by atoms with Gasteiger partial charge in [0.2, 0.25) is 8.41 Å². The van der Waals surface area contributed by atoms with Crippen molar-refractivity contribution in [3.63, 3.8) is 0 Å². The highest BCUT2D eigenvalue weighted by Crippen LogP contribution is 2.60. The Morgan fingerprint density at radius 3 is 2.53 bits per heavy atom. The highest BCUT2D eigenvalue weighted by molar-refractivity contribution is 6.72. The van der Waals surface area contributed by atoms with Crippen molar-refractivity contribution in [2.75, 3.05) is 23.4 Å². The quantitative estimate of drug-likeness (QED) is 0.0971. The summed E-state index contributed by atoms with van der Waals surface area (Å²) in [6, 6.07) is 14.9. The van der Waals surface area contributed by atoms with Gasteiger partial charge in [-0.2, -0.15) is 0 Å². The van der Waals surface area contributed by atoms with Crippen LogP contribution in [0, 0.1) is 5.92 Å². The predicted octanol–water partition coefficient (Wildman–Crippen LogP) is 6.63. The van der Waals surface area contributed by atoms with E-state index in [1.807, 2.05) is 37.3 Å². The summed E-state index contributed by atoms with van der Waals surface area (Å²) in [5.41, 5.74) is 3.63. The molecule has 2 aromatic carbocycles. The number of hydrogen-bond donors (Lipinski definition) is 3. The highest BCUT2D eigenvalue weighted by atomic mass is 28.4. The second-order valence-corrected chi connectivity index (χ2v) is 18.6. The fraction of sp³-hybridized carbons (Fsp3) is 0.487. The van der Waals surface area contributed by atoms with E-state index in [9.17, 15) is 19.8 Å². The molecule has 1 aromatic heterocycles. The van der Waals surface area contributed by atoms with Crippen molar-refractivity contribution in [1.29, 1.82) is 0 Å². The van der Waals surface area contributed by atoms with E-state index in [4.69, 9.17) is 4.74 Å². The van der Waals surface area contributed by atoms with Gasteiger partial charge in [0.15, 0.2) is 5.60 Å². The van der Waals surface area contributed by atoms with E-state index in [0.717, 1.165) is 24.0 Å². The third-order valence-corrected chi connectivity index (χ3v) is 12.7. The molecular formula is C39H52FN5O5Si. The molecule has 2 aliphatic rings. The zero-order valence-electron chi connectivity index (χ0n) is 30.8. The lowest BCUT2D eigenvalue weighted by atomic mass is 9.82. The van der Waals surface area contributed by atoms with E-state index in [-0.39, 0.29) is 18.4 Å². The Labute approximate surface area is 301 Å². The van der Waals surface area contributed by atoms with Crippen molar-refractivity contribution >= 4 is 31.6 Å². The summed E-state index contributed by atoms with van der Waals surface area (Å²) in [5, 5.41) is 31.4. The number of aliphatic hydroxyl groups excluding tert-OH is 2. The van der Waals surface area contributed by atoms with Crippen molar-refractivity contribution in [3.05, 3.63) is 94.8 Å². The molecule has 10 nitrogen and oxygen atoms in total. The minimum atomic E-state index is -3.43. The molecule has 1 unspecified atom stereocenters. The van der Waals surface area contributed by atoms with Crippen LogP contribution in [0.5, 0.6) is 0 Å². The van der Waals surface area contributed by atoms with Gasteiger partial charge in [0, 0.05) is 42.0 Å². The molecule has 1 spiro atoms. The van der Waals surface area contributed by atoms with Gasteiger partial charge in [-0.15, -0.1) is 5.10 Å². The maximum Gasteiger partial charge on any atom is 0.264 e. The first-order chi connectivity index (χ1) is 24.2. The Bertz CT molecular complexity index is 1770. The number of hydrogen-bond acceptors (Lipinski definition) is 7. The number of aromatic nitrogens is 3. The summed E-state index contributed by atoms with van der Waals surface area (Å²) in [5.74, 6) is -1.67. The van der Waals surface area contributed by atoms with Crippen LogP contribution >= 0.6 is 0 Å². The second kappa shape index (κ2) is 15.7. The van der Waals surface area contributed by atoms with E-state index in [2.05, 4.69) is 48.6 Å². The number of ether oxygens (including phenoxy) is 1. The molecular weight excluding hydrogens is 666 g/mol. The largest absolute Gasteiger partial charge is 0.395 e. The SMILES string of the molecule is CC(C)=CCC/C(C)=C/CN1C(=O)[C@@]2(O[C@@H](CCn3cc(C(CO)c4ccccc4)nn3)[C@H]([Si](C)(C)F)[C@H]2C)c2cc(NC(=O)[C@H](C)O)ccc21. The van der Waals surface area contributed by atoms with E-state index in [1.54, 1.807) is 47.1 Å². The molecule has 1 fully saturated rings. The van der Waals surface area contributed by atoms with Gasteiger partial charge in [-0.3, -0.25) is 14.3 Å². The standard InChI is InChI=1S/C39H52FN5O5Si/c1-25(2)12-11-13-26(3)18-21-45-34-17-16-30(41-37(48)28(5)47)22-32(34)39(38(45)49)27(4)36(51(6,7)40)35(50-39)19-20-44-23-33(42-43-44)31(24-46)29-14-9-8-10-15-29/h8-10,12,14-18,22-23,27-28,31,35-36,46-47H,11,13,19-21,24H2,1-7H3,(H,41,48)/b26-18+/t27-,28+,31?,35+,36-,39+/m1/s1. The lowest BCUT2D eigenvalue weighted by Crippen LogP contribution is -2.45. The van der Waals surface area contributed by atoms with Crippen molar-refractivity contribution in [3.8, 4) is 0 Å². The van der Waals surface area contributed by atoms with E-state index < -0.39 is 43.6 Å². The molecule has 3 aromatic rings. The number of amides is 2. The van der Waals surface area contributed by atoms with Gasteiger partial charge >= 0.3 is 0 Å². The molecule has 0 bridgehead atoms. The number of fused-ring (bicyclic) bond motifs is 2. The summed E-state index contributed by atoms with van der Waals surface area (Å²) in [6.07, 6.45) is 6.38. The van der Waals surface area contributed by atoms with Gasteiger partial charge in [-0.05, 0) is 83.8 Å². The third kappa shape index (κ3) is 8.09. The number of allylic oxidation sites excluding steroid dienone is 3. The minimum absolute atomic E-state index is 0.125. The summed E-state index contributed by atoms with van der Waals surface area (Å²) >= 11 is 0.